The van der Waals surface area contributed by atoms with Gasteiger partial charge in [-0.25, -0.2) is 9.67 Å². The fourth-order valence-corrected chi connectivity index (χ4v) is 2.33. The molecule has 25 heavy (non-hydrogen) atoms. The predicted octanol–water partition coefficient (Wildman–Crippen LogP) is 2.67. The fraction of sp³-hybridized carbons (Fsp3) is 0.278. The Morgan fingerprint density at radius 2 is 1.88 bits per heavy atom. The molecule has 0 atom stereocenters. The molecule has 1 amide bonds. The van der Waals surface area contributed by atoms with Crippen LogP contribution >= 0.6 is 0 Å². The van der Waals surface area contributed by atoms with Crippen LogP contribution in [0.2, 0.25) is 0 Å². The van der Waals surface area contributed by atoms with Gasteiger partial charge in [0, 0.05) is 12.1 Å². The lowest BCUT2D eigenvalue weighted by Gasteiger charge is -2.08. The molecule has 0 spiro atoms. The lowest BCUT2D eigenvalue weighted by atomic mass is 10.2. The van der Waals surface area contributed by atoms with Gasteiger partial charge in [-0.2, -0.15) is 15.1 Å². The number of nitrogens with zero attached hydrogens (tertiary/aromatic N) is 5. The minimum Gasteiger partial charge on any atom is -0.294 e. The molecule has 0 radical (unpaired) electrons. The van der Waals surface area contributed by atoms with E-state index in [1.807, 2.05) is 56.4 Å². The van der Waals surface area contributed by atoms with Crippen molar-refractivity contribution in [3.05, 3.63) is 59.9 Å². The van der Waals surface area contributed by atoms with Crippen molar-refractivity contribution in [2.75, 3.05) is 5.32 Å². The van der Waals surface area contributed by atoms with Crippen LogP contribution in [0.4, 0.5) is 5.95 Å². The van der Waals surface area contributed by atoms with Gasteiger partial charge in [0.1, 0.15) is 11.6 Å². The highest BCUT2D eigenvalue weighted by molar-refractivity contribution is 5.90. The van der Waals surface area contributed by atoms with Crippen LogP contribution in [-0.4, -0.2) is 30.6 Å². The van der Waals surface area contributed by atoms with Gasteiger partial charge >= 0.3 is 0 Å². The molecule has 1 aromatic carbocycles. The Kier molecular flexibility index (Phi) is 4.83. The van der Waals surface area contributed by atoms with E-state index < -0.39 is 0 Å². The fourth-order valence-electron chi connectivity index (χ4n) is 2.33. The summed E-state index contributed by atoms with van der Waals surface area (Å²) in [5, 5.41) is 7.15. The number of anilines is 1. The third kappa shape index (κ3) is 4.26. The van der Waals surface area contributed by atoms with Gasteiger partial charge in [0.2, 0.25) is 11.9 Å². The smallest absolute Gasteiger partial charge is 0.232 e. The largest absolute Gasteiger partial charge is 0.294 e. The van der Waals surface area contributed by atoms with Gasteiger partial charge in [-0.05, 0) is 25.1 Å². The number of amides is 1. The third-order valence-corrected chi connectivity index (χ3v) is 3.54. The first-order chi connectivity index (χ1) is 12.0. The zero-order valence-electron chi connectivity index (χ0n) is 14.5. The molecule has 0 saturated carbocycles. The van der Waals surface area contributed by atoms with Crippen molar-refractivity contribution in [2.45, 2.75) is 33.1 Å². The highest BCUT2D eigenvalue weighted by Gasteiger charge is 2.12. The molecular weight excluding hydrogens is 316 g/mol. The summed E-state index contributed by atoms with van der Waals surface area (Å²) in [5.74, 6) is 1.49. The maximum Gasteiger partial charge on any atom is 0.232 e. The number of hydrogen-bond donors (Lipinski definition) is 1. The number of carbonyl (C=O) groups excluding carboxylic acids is 1. The highest BCUT2D eigenvalue weighted by atomic mass is 16.1. The molecule has 7 nitrogen and oxygen atoms in total. The summed E-state index contributed by atoms with van der Waals surface area (Å²) in [6.07, 6.45) is 1.99. The molecule has 0 unspecified atom stereocenters. The van der Waals surface area contributed by atoms with Gasteiger partial charge in [0.25, 0.3) is 0 Å². The Bertz CT molecular complexity index is 872. The van der Waals surface area contributed by atoms with Crippen molar-refractivity contribution in [3.8, 4) is 5.69 Å². The molecule has 2 aromatic heterocycles. The van der Waals surface area contributed by atoms with E-state index in [1.165, 1.54) is 0 Å². The van der Waals surface area contributed by atoms with E-state index in [9.17, 15) is 4.79 Å². The van der Waals surface area contributed by atoms with Gasteiger partial charge in [-0.3, -0.25) is 10.1 Å². The normalized spacial score (nSPS) is 10.9. The zero-order chi connectivity index (χ0) is 17.8. The zero-order valence-corrected chi connectivity index (χ0v) is 14.5. The van der Waals surface area contributed by atoms with Gasteiger partial charge in [0.05, 0.1) is 17.8 Å². The third-order valence-electron chi connectivity index (χ3n) is 3.54. The number of carbonyl (C=O) groups is 1. The summed E-state index contributed by atoms with van der Waals surface area (Å²) in [6, 6.07) is 11.6. The minimum absolute atomic E-state index is 0.154. The van der Waals surface area contributed by atoms with Crippen LogP contribution in [0.25, 0.3) is 5.69 Å². The van der Waals surface area contributed by atoms with E-state index in [4.69, 9.17) is 0 Å². The van der Waals surface area contributed by atoms with E-state index >= 15 is 0 Å². The molecule has 7 heteroatoms. The Hall–Kier alpha value is -3.09. The molecule has 0 aliphatic rings. The first kappa shape index (κ1) is 16.8. The van der Waals surface area contributed by atoms with Crippen molar-refractivity contribution in [2.24, 2.45) is 0 Å². The van der Waals surface area contributed by atoms with Crippen molar-refractivity contribution in [3.63, 3.8) is 0 Å². The Balaban J connectivity index is 1.68. The number of hydrogen-bond acceptors (Lipinski definition) is 5. The Morgan fingerprint density at radius 1 is 1.12 bits per heavy atom. The van der Waals surface area contributed by atoms with Crippen molar-refractivity contribution >= 4 is 11.9 Å². The van der Waals surface area contributed by atoms with Crippen molar-refractivity contribution < 1.29 is 4.79 Å². The lowest BCUT2D eigenvalue weighted by molar-refractivity contribution is -0.115. The lowest BCUT2D eigenvalue weighted by Crippen LogP contribution is -2.18. The summed E-state index contributed by atoms with van der Waals surface area (Å²) < 4.78 is 1.74. The molecular formula is C18H20N6O. The van der Waals surface area contributed by atoms with Crippen LogP contribution in [0.15, 0.2) is 42.6 Å². The average Bonchev–Trinajstić information content (AvgIpc) is 3.03. The maximum absolute atomic E-state index is 12.3. The van der Waals surface area contributed by atoms with Crippen LogP contribution in [0.3, 0.4) is 0 Å². The monoisotopic (exact) mass is 336 g/mol. The second kappa shape index (κ2) is 7.21. The first-order valence-electron chi connectivity index (χ1n) is 8.13. The van der Waals surface area contributed by atoms with Gasteiger partial charge in [-0.15, -0.1) is 0 Å². The minimum atomic E-state index is -0.210. The highest BCUT2D eigenvalue weighted by Crippen LogP contribution is 2.11. The van der Waals surface area contributed by atoms with Gasteiger partial charge < -0.3 is 0 Å². The summed E-state index contributed by atoms with van der Waals surface area (Å²) in [5.41, 5.74) is 1.63. The maximum atomic E-state index is 12.3. The first-order valence-corrected chi connectivity index (χ1v) is 8.13. The second-order valence-corrected chi connectivity index (χ2v) is 6.03. The Morgan fingerprint density at radius 3 is 2.60 bits per heavy atom. The van der Waals surface area contributed by atoms with Crippen molar-refractivity contribution in [1.29, 1.82) is 0 Å². The standard InChI is InChI=1S/C18H20N6O/c1-12(2)17-19-13(3)20-18(22-17)21-16(25)11-14-9-10-24(23-14)15-7-5-4-6-8-15/h4-10,12H,11H2,1-3H3,(H,19,20,21,22,25). The molecule has 0 saturated heterocycles. The summed E-state index contributed by atoms with van der Waals surface area (Å²) in [6.45, 7) is 5.78. The van der Waals surface area contributed by atoms with E-state index in [1.54, 1.807) is 11.6 Å². The molecule has 3 aromatic rings. The van der Waals surface area contributed by atoms with E-state index in [-0.39, 0.29) is 24.2 Å². The summed E-state index contributed by atoms with van der Waals surface area (Å²) in [7, 11) is 0. The molecule has 0 aliphatic carbocycles. The van der Waals surface area contributed by atoms with Crippen LogP contribution in [0.1, 0.15) is 37.1 Å². The van der Waals surface area contributed by atoms with E-state index in [2.05, 4.69) is 25.4 Å². The topological polar surface area (TPSA) is 85.6 Å². The molecule has 2 heterocycles. The molecule has 0 bridgehead atoms. The molecule has 0 fully saturated rings. The number of nitrogens with one attached hydrogen (secondary N) is 1. The number of rotatable bonds is 5. The summed E-state index contributed by atoms with van der Waals surface area (Å²) >= 11 is 0. The molecule has 0 aliphatic heterocycles. The van der Waals surface area contributed by atoms with E-state index in [0.29, 0.717) is 17.3 Å². The quantitative estimate of drug-likeness (QED) is 0.774. The molecule has 128 valence electrons. The predicted molar refractivity (Wildman–Crippen MR) is 94.6 cm³/mol. The van der Waals surface area contributed by atoms with Crippen LogP contribution in [-0.2, 0) is 11.2 Å². The van der Waals surface area contributed by atoms with Crippen molar-refractivity contribution in [1.82, 2.24) is 24.7 Å². The van der Waals surface area contributed by atoms with Crippen LogP contribution < -0.4 is 5.32 Å². The number of para-hydroxylation sites is 1. The van der Waals surface area contributed by atoms with Crippen LogP contribution in [0.5, 0.6) is 0 Å². The molecule has 1 N–H and O–H groups in total. The van der Waals surface area contributed by atoms with Gasteiger partial charge in [-0.1, -0.05) is 32.0 Å². The Labute approximate surface area is 146 Å². The number of aromatic nitrogens is 5. The number of aryl methyl sites for hydroxylation is 1. The SMILES string of the molecule is Cc1nc(NC(=O)Cc2ccn(-c3ccccc3)n2)nc(C(C)C)n1. The average molecular weight is 336 g/mol. The second-order valence-electron chi connectivity index (χ2n) is 6.03. The summed E-state index contributed by atoms with van der Waals surface area (Å²) in [4.78, 5) is 25.0. The van der Waals surface area contributed by atoms with Gasteiger partial charge in [0.15, 0.2) is 0 Å². The number of benzene rings is 1. The van der Waals surface area contributed by atoms with Crippen LogP contribution in [0, 0.1) is 6.92 Å². The molecule has 3 rings (SSSR count). The van der Waals surface area contributed by atoms with E-state index in [0.717, 1.165) is 5.69 Å².